The first-order valence-electron chi connectivity index (χ1n) is 10.6. The van der Waals surface area contributed by atoms with Crippen molar-refractivity contribution >= 4 is 27.5 Å². The second-order valence-electron chi connectivity index (χ2n) is 8.89. The van der Waals surface area contributed by atoms with Crippen LogP contribution < -0.4 is 5.32 Å². The van der Waals surface area contributed by atoms with E-state index in [1.807, 2.05) is 0 Å². The van der Waals surface area contributed by atoms with E-state index in [0.717, 1.165) is 18.4 Å². The van der Waals surface area contributed by atoms with Gasteiger partial charge in [-0.2, -0.15) is 13.2 Å². The Bertz CT molecular complexity index is 1230. The number of carboxylic acid groups (broad SMARTS) is 1. The van der Waals surface area contributed by atoms with Crippen LogP contribution in [0.2, 0.25) is 0 Å². The maximum atomic E-state index is 13.4. The van der Waals surface area contributed by atoms with Gasteiger partial charge in [0, 0.05) is 19.3 Å². The molecule has 0 bridgehead atoms. The molecule has 7 nitrogen and oxygen atoms in total. The van der Waals surface area contributed by atoms with E-state index in [0.29, 0.717) is 25.9 Å². The van der Waals surface area contributed by atoms with E-state index in [2.05, 4.69) is 5.32 Å². The standard InChI is InChI=1S/C23H23F3N2O5S/c1-34(32,33)16-6-7-20(18(10-16)21(29)30)27-22(31)28-11-14-8-13(9-15(14)12-28)17-4-2-3-5-19(17)23(24,25)26/h2-7,10,13-15H,8-9,11-12H2,1H3,(H,27,31)(H,29,30)/t13?,14-,15+. The van der Waals surface area contributed by atoms with Crippen molar-refractivity contribution < 1.29 is 36.3 Å². The van der Waals surface area contributed by atoms with E-state index >= 15 is 0 Å². The van der Waals surface area contributed by atoms with Crippen molar-refractivity contribution in [2.75, 3.05) is 24.7 Å². The number of sulfone groups is 1. The molecule has 2 N–H and O–H groups in total. The number of nitrogens with zero attached hydrogens (tertiary/aromatic N) is 1. The second kappa shape index (κ2) is 8.61. The van der Waals surface area contributed by atoms with Gasteiger partial charge in [-0.3, -0.25) is 0 Å². The molecule has 2 aromatic rings. The smallest absolute Gasteiger partial charge is 0.416 e. The molecule has 2 aliphatic rings. The number of hydrogen-bond donors (Lipinski definition) is 2. The zero-order chi connectivity index (χ0) is 24.8. The molecule has 1 heterocycles. The maximum absolute atomic E-state index is 13.4. The van der Waals surface area contributed by atoms with Gasteiger partial charge in [-0.1, -0.05) is 18.2 Å². The number of nitrogens with one attached hydrogen (secondary N) is 1. The number of rotatable bonds is 4. The van der Waals surface area contributed by atoms with Crippen LogP contribution in [-0.4, -0.2) is 49.8 Å². The van der Waals surface area contributed by atoms with Crippen molar-refractivity contribution in [1.29, 1.82) is 0 Å². The van der Waals surface area contributed by atoms with E-state index in [1.165, 1.54) is 29.2 Å². The molecule has 1 aliphatic carbocycles. The number of carbonyl (C=O) groups excluding carboxylic acids is 1. The van der Waals surface area contributed by atoms with Gasteiger partial charge in [0.25, 0.3) is 0 Å². The number of amides is 2. The van der Waals surface area contributed by atoms with E-state index in [4.69, 9.17) is 0 Å². The van der Waals surface area contributed by atoms with Crippen LogP contribution in [0.15, 0.2) is 47.4 Å². The van der Waals surface area contributed by atoms with E-state index in [9.17, 15) is 36.3 Å². The highest BCUT2D eigenvalue weighted by Crippen LogP contribution is 2.48. The summed E-state index contributed by atoms with van der Waals surface area (Å²) < 4.78 is 63.7. The molecule has 3 atom stereocenters. The highest BCUT2D eigenvalue weighted by Gasteiger charge is 2.45. The molecule has 182 valence electrons. The maximum Gasteiger partial charge on any atom is 0.416 e. The summed E-state index contributed by atoms with van der Waals surface area (Å²) in [6, 6.07) is 8.52. The molecule has 2 aromatic carbocycles. The van der Waals surface area contributed by atoms with Crippen LogP contribution in [0.3, 0.4) is 0 Å². The van der Waals surface area contributed by atoms with Crippen molar-refractivity contribution in [3.8, 4) is 0 Å². The number of carboxylic acids is 1. The Balaban J connectivity index is 1.45. The van der Waals surface area contributed by atoms with Crippen LogP contribution >= 0.6 is 0 Å². The predicted octanol–water partition coefficient (Wildman–Crippen LogP) is 4.46. The lowest BCUT2D eigenvalue weighted by Gasteiger charge is -2.22. The molecule has 1 aliphatic heterocycles. The molecule has 2 fully saturated rings. The van der Waals surface area contributed by atoms with Crippen molar-refractivity contribution in [3.05, 3.63) is 59.2 Å². The molecule has 1 saturated carbocycles. The molecule has 0 spiro atoms. The minimum Gasteiger partial charge on any atom is -0.478 e. The topological polar surface area (TPSA) is 104 Å². The Morgan fingerprint density at radius 3 is 2.24 bits per heavy atom. The van der Waals surface area contributed by atoms with E-state index in [-0.39, 0.29) is 39.5 Å². The minimum atomic E-state index is -4.42. The van der Waals surface area contributed by atoms with Crippen molar-refractivity contribution in [1.82, 2.24) is 4.90 Å². The highest BCUT2D eigenvalue weighted by molar-refractivity contribution is 7.90. The molecule has 1 saturated heterocycles. The number of aromatic carboxylic acids is 1. The van der Waals surface area contributed by atoms with E-state index < -0.39 is 33.6 Å². The normalized spacial score (nSPS) is 22.5. The number of anilines is 1. The van der Waals surface area contributed by atoms with Gasteiger partial charge in [-0.25, -0.2) is 18.0 Å². The first-order valence-corrected chi connectivity index (χ1v) is 12.5. The van der Waals surface area contributed by atoms with Crippen LogP contribution in [0.5, 0.6) is 0 Å². The molecule has 2 amide bonds. The number of fused-ring (bicyclic) bond motifs is 1. The number of carbonyl (C=O) groups is 2. The Hall–Kier alpha value is -3.08. The lowest BCUT2D eigenvalue weighted by atomic mass is 9.91. The Morgan fingerprint density at radius 1 is 1.06 bits per heavy atom. The summed E-state index contributed by atoms with van der Waals surface area (Å²) in [4.78, 5) is 25.7. The number of hydrogen-bond acceptors (Lipinski definition) is 4. The Labute approximate surface area is 194 Å². The van der Waals surface area contributed by atoms with Crippen LogP contribution in [0.4, 0.5) is 23.7 Å². The summed E-state index contributed by atoms with van der Waals surface area (Å²) in [6.07, 6.45) is -2.40. The van der Waals surface area contributed by atoms with Gasteiger partial charge >= 0.3 is 18.2 Å². The summed E-state index contributed by atoms with van der Waals surface area (Å²) in [5, 5.41) is 12.0. The van der Waals surface area contributed by atoms with Gasteiger partial charge in [0.2, 0.25) is 0 Å². The second-order valence-corrected chi connectivity index (χ2v) is 10.9. The van der Waals surface area contributed by atoms with Crippen LogP contribution in [0, 0.1) is 11.8 Å². The van der Waals surface area contributed by atoms with Crippen LogP contribution in [-0.2, 0) is 16.0 Å². The predicted molar refractivity (Wildman–Crippen MR) is 118 cm³/mol. The lowest BCUT2D eigenvalue weighted by Crippen LogP contribution is -2.34. The zero-order valence-electron chi connectivity index (χ0n) is 18.2. The summed E-state index contributed by atoms with van der Waals surface area (Å²) in [6.45, 7) is 0.704. The molecular weight excluding hydrogens is 473 g/mol. The SMILES string of the molecule is CS(=O)(=O)c1ccc(NC(=O)N2C[C@H]3CC(c4ccccc4C(F)(F)F)C[C@H]3C2)c(C(=O)O)c1. The summed E-state index contributed by atoms with van der Waals surface area (Å²) in [5.74, 6) is -1.53. The molecule has 1 unspecified atom stereocenters. The van der Waals surface area contributed by atoms with Crippen molar-refractivity contribution in [2.24, 2.45) is 11.8 Å². The molecule has 0 radical (unpaired) electrons. The average Bonchev–Trinajstić information content (AvgIpc) is 3.32. The summed E-state index contributed by atoms with van der Waals surface area (Å²) in [5.41, 5.74) is -0.704. The average molecular weight is 497 g/mol. The van der Waals surface area contributed by atoms with Gasteiger partial charge in [-0.15, -0.1) is 0 Å². The number of benzene rings is 2. The van der Waals surface area contributed by atoms with Gasteiger partial charge < -0.3 is 15.3 Å². The van der Waals surface area contributed by atoms with Crippen molar-refractivity contribution in [3.63, 3.8) is 0 Å². The van der Waals surface area contributed by atoms with Gasteiger partial charge in [0.1, 0.15) is 0 Å². The fourth-order valence-electron chi connectivity index (χ4n) is 5.07. The quantitative estimate of drug-likeness (QED) is 0.650. The summed E-state index contributed by atoms with van der Waals surface area (Å²) >= 11 is 0. The van der Waals surface area contributed by atoms with Crippen LogP contribution in [0.25, 0.3) is 0 Å². The van der Waals surface area contributed by atoms with Gasteiger partial charge in [-0.05, 0) is 60.4 Å². The molecule has 0 aromatic heterocycles. The third-order valence-electron chi connectivity index (χ3n) is 6.64. The monoisotopic (exact) mass is 496 g/mol. The lowest BCUT2D eigenvalue weighted by molar-refractivity contribution is -0.138. The molecule has 4 rings (SSSR count). The molecule has 34 heavy (non-hydrogen) atoms. The third-order valence-corrected chi connectivity index (χ3v) is 7.75. The highest BCUT2D eigenvalue weighted by atomic mass is 32.2. The third kappa shape index (κ3) is 4.75. The minimum absolute atomic E-state index is 0.0288. The van der Waals surface area contributed by atoms with Gasteiger partial charge in [0.15, 0.2) is 9.84 Å². The molecular formula is C23H23F3N2O5S. The number of alkyl halides is 3. The first-order chi connectivity index (χ1) is 15.8. The van der Waals surface area contributed by atoms with Crippen LogP contribution in [0.1, 0.15) is 40.2 Å². The van der Waals surface area contributed by atoms with E-state index in [1.54, 1.807) is 6.07 Å². The molecule has 11 heteroatoms. The largest absolute Gasteiger partial charge is 0.478 e. The van der Waals surface area contributed by atoms with Gasteiger partial charge in [0.05, 0.1) is 21.7 Å². The Morgan fingerprint density at radius 2 is 1.68 bits per heavy atom. The van der Waals surface area contributed by atoms with Crippen molar-refractivity contribution in [2.45, 2.75) is 29.8 Å². The zero-order valence-corrected chi connectivity index (χ0v) is 19.0. The fraction of sp³-hybridized carbons (Fsp3) is 0.391. The number of halogens is 3. The fourth-order valence-corrected chi connectivity index (χ4v) is 5.71. The Kier molecular flexibility index (Phi) is 6.09. The number of urea groups is 1. The first kappa shape index (κ1) is 24.1. The summed E-state index contributed by atoms with van der Waals surface area (Å²) in [7, 11) is -3.63. The number of likely N-dealkylation sites (tertiary alicyclic amines) is 1.